The van der Waals surface area contributed by atoms with Gasteiger partial charge in [-0.15, -0.1) is 0 Å². The normalized spacial score (nSPS) is 9.30. The molecule has 1 N–H and O–H groups in total. The lowest BCUT2D eigenvalue weighted by Crippen LogP contribution is -1.85. The van der Waals surface area contributed by atoms with E-state index in [1.807, 2.05) is 24.5 Å². The molecule has 54 valence electrons. The number of nitrogens with one attached hydrogen (secondary N) is 1. The second kappa shape index (κ2) is 4.46. The van der Waals surface area contributed by atoms with Gasteiger partial charge in [-0.25, -0.2) is 4.98 Å². The average Bonchev–Trinajstić information content (AvgIpc) is 2.03. The summed E-state index contributed by atoms with van der Waals surface area (Å²) >= 11 is 0. The SMILES string of the molecule is CSSNc1ccccn1. The van der Waals surface area contributed by atoms with Crippen LogP contribution in [0.5, 0.6) is 0 Å². The van der Waals surface area contributed by atoms with E-state index < -0.39 is 0 Å². The molecule has 0 amide bonds. The van der Waals surface area contributed by atoms with Crippen molar-refractivity contribution in [2.24, 2.45) is 0 Å². The first-order valence-corrected chi connectivity index (χ1v) is 5.36. The van der Waals surface area contributed by atoms with Crippen molar-refractivity contribution in [3.63, 3.8) is 0 Å². The van der Waals surface area contributed by atoms with Crippen LogP contribution in [0, 0.1) is 0 Å². The Morgan fingerprint density at radius 1 is 1.50 bits per heavy atom. The van der Waals surface area contributed by atoms with Gasteiger partial charge in [0.05, 0.1) is 0 Å². The fraction of sp³-hybridized carbons (Fsp3) is 0.167. The first kappa shape index (κ1) is 7.75. The van der Waals surface area contributed by atoms with Crippen molar-refractivity contribution in [2.45, 2.75) is 0 Å². The summed E-state index contributed by atoms with van der Waals surface area (Å²) in [6.45, 7) is 0. The lowest BCUT2D eigenvalue weighted by atomic mass is 10.5. The molecule has 2 nitrogen and oxygen atoms in total. The Balaban J connectivity index is 2.43. The van der Waals surface area contributed by atoms with E-state index in [1.165, 1.54) is 0 Å². The second-order valence-electron chi connectivity index (χ2n) is 1.57. The smallest absolute Gasteiger partial charge is 0.136 e. The molecule has 0 saturated carbocycles. The quantitative estimate of drug-likeness (QED) is 0.559. The van der Waals surface area contributed by atoms with E-state index in [0.29, 0.717) is 0 Å². The van der Waals surface area contributed by atoms with Crippen LogP contribution in [-0.2, 0) is 0 Å². The van der Waals surface area contributed by atoms with Crippen LogP contribution in [-0.4, -0.2) is 11.2 Å². The summed E-state index contributed by atoms with van der Waals surface area (Å²) in [6.07, 6.45) is 3.78. The third kappa shape index (κ3) is 2.49. The van der Waals surface area contributed by atoms with Crippen LogP contribution in [0.15, 0.2) is 24.4 Å². The van der Waals surface area contributed by atoms with Crippen molar-refractivity contribution in [3.8, 4) is 0 Å². The Morgan fingerprint density at radius 3 is 3.00 bits per heavy atom. The minimum atomic E-state index is 0.904. The van der Waals surface area contributed by atoms with Gasteiger partial charge in [-0.3, -0.25) is 0 Å². The number of hydrogen-bond donors (Lipinski definition) is 1. The number of anilines is 1. The van der Waals surface area contributed by atoms with Gasteiger partial charge in [-0.1, -0.05) is 16.9 Å². The summed E-state index contributed by atoms with van der Waals surface area (Å²) in [7, 11) is 3.23. The monoisotopic (exact) mass is 172 g/mol. The van der Waals surface area contributed by atoms with Gasteiger partial charge in [0, 0.05) is 17.2 Å². The highest BCUT2D eigenvalue weighted by Crippen LogP contribution is 2.18. The van der Waals surface area contributed by atoms with Gasteiger partial charge < -0.3 is 4.72 Å². The van der Waals surface area contributed by atoms with E-state index in [0.717, 1.165) is 5.82 Å². The number of hydrogen-bond acceptors (Lipinski definition) is 4. The predicted molar refractivity (Wildman–Crippen MR) is 49.0 cm³/mol. The second-order valence-corrected chi connectivity index (χ2v) is 3.77. The first-order valence-electron chi connectivity index (χ1n) is 2.80. The number of nitrogens with zero attached hydrogens (tertiary/aromatic N) is 1. The Bertz CT molecular complexity index is 178. The largest absolute Gasteiger partial charge is 0.305 e. The third-order valence-electron chi connectivity index (χ3n) is 0.894. The van der Waals surface area contributed by atoms with Crippen molar-refractivity contribution in [3.05, 3.63) is 24.4 Å². The van der Waals surface area contributed by atoms with Crippen LogP contribution in [0.3, 0.4) is 0 Å². The fourth-order valence-corrected chi connectivity index (χ4v) is 1.30. The first-order chi connectivity index (χ1) is 4.93. The minimum absolute atomic E-state index is 0.904. The van der Waals surface area contributed by atoms with Crippen LogP contribution >= 0.6 is 21.8 Å². The van der Waals surface area contributed by atoms with Crippen LogP contribution < -0.4 is 4.72 Å². The zero-order chi connectivity index (χ0) is 7.23. The van der Waals surface area contributed by atoms with E-state index in [4.69, 9.17) is 0 Å². The molecule has 0 aliphatic rings. The Kier molecular flexibility index (Phi) is 3.46. The molecule has 0 radical (unpaired) electrons. The standard InChI is InChI=1S/C6H8N2S2/c1-9-10-8-6-4-2-3-5-7-6/h2-5H,1H3,(H,7,8). The summed E-state index contributed by atoms with van der Waals surface area (Å²) in [5, 5.41) is 0. The van der Waals surface area contributed by atoms with Crippen molar-refractivity contribution in [1.29, 1.82) is 0 Å². The molecule has 0 saturated heterocycles. The molecule has 0 aliphatic carbocycles. The predicted octanol–water partition coefficient (Wildman–Crippen LogP) is 2.42. The molecular weight excluding hydrogens is 164 g/mol. The molecule has 0 atom stereocenters. The lowest BCUT2D eigenvalue weighted by Gasteiger charge is -1.98. The molecule has 0 aliphatic heterocycles. The van der Waals surface area contributed by atoms with Crippen molar-refractivity contribution < 1.29 is 0 Å². The van der Waals surface area contributed by atoms with Gasteiger partial charge in [0.25, 0.3) is 0 Å². The van der Waals surface area contributed by atoms with Gasteiger partial charge in [0.15, 0.2) is 0 Å². The van der Waals surface area contributed by atoms with Crippen LogP contribution in [0.25, 0.3) is 0 Å². The van der Waals surface area contributed by atoms with Crippen molar-refractivity contribution in [1.82, 2.24) is 4.98 Å². The van der Waals surface area contributed by atoms with Gasteiger partial charge in [-0.2, -0.15) is 0 Å². The number of aromatic nitrogens is 1. The fourth-order valence-electron chi connectivity index (χ4n) is 0.507. The molecule has 4 heteroatoms. The molecule has 0 fully saturated rings. The molecule has 0 unspecified atom stereocenters. The van der Waals surface area contributed by atoms with Gasteiger partial charge in [-0.05, 0) is 18.4 Å². The molecular formula is C6H8N2S2. The van der Waals surface area contributed by atoms with Gasteiger partial charge >= 0.3 is 0 Å². The molecule has 1 aromatic heterocycles. The average molecular weight is 172 g/mol. The van der Waals surface area contributed by atoms with Crippen LogP contribution in [0.2, 0.25) is 0 Å². The topological polar surface area (TPSA) is 24.9 Å². The van der Waals surface area contributed by atoms with Crippen LogP contribution in [0.4, 0.5) is 5.82 Å². The highest BCUT2D eigenvalue weighted by Gasteiger charge is 1.87. The Morgan fingerprint density at radius 2 is 2.40 bits per heavy atom. The van der Waals surface area contributed by atoms with Crippen LogP contribution in [0.1, 0.15) is 0 Å². The maximum Gasteiger partial charge on any atom is 0.136 e. The highest BCUT2D eigenvalue weighted by atomic mass is 33.1. The molecule has 1 heterocycles. The molecule has 0 spiro atoms. The number of pyridine rings is 1. The Hall–Kier alpha value is -0.350. The summed E-state index contributed by atoms with van der Waals surface area (Å²) in [4.78, 5) is 4.07. The van der Waals surface area contributed by atoms with Gasteiger partial charge in [0.2, 0.25) is 0 Å². The lowest BCUT2D eigenvalue weighted by molar-refractivity contribution is 1.34. The van der Waals surface area contributed by atoms with E-state index in [9.17, 15) is 0 Å². The van der Waals surface area contributed by atoms with E-state index in [2.05, 4.69) is 9.71 Å². The van der Waals surface area contributed by atoms with Crippen molar-refractivity contribution in [2.75, 3.05) is 11.0 Å². The van der Waals surface area contributed by atoms with E-state index in [1.54, 1.807) is 28.0 Å². The zero-order valence-electron chi connectivity index (χ0n) is 5.57. The molecule has 0 bridgehead atoms. The summed E-state index contributed by atoms with van der Waals surface area (Å²) in [5.41, 5.74) is 0. The minimum Gasteiger partial charge on any atom is -0.305 e. The molecule has 0 aromatic carbocycles. The summed E-state index contributed by atoms with van der Waals surface area (Å²) in [5.74, 6) is 0.904. The number of rotatable bonds is 3. The molecule has 1 aromatic rings. The zero-order valence-corrected chi connectivity index (χ0v) is 7.21. The summed E-state index contributed by atoms with van der Waals surface area (Å²) in [6, 6.07) is 5.79. The van der Waals surface area contributed by atoms with Crippen molar-refractivity contribution >= 4 is 27.6 Å². The molecule has 10 heavy (non-hydrogen) atoms. The van der Waals surface area contributed by atoms with E-state index >= 15 is 0 Å². The highest BCUT2D eigenvalue weighted by molar-refractivity contribution is 8.76. The molecule has 1 rings (SSSR count). The summed E-state index contributed by atoms with van der Waals surface area (Å²) < 4.78 is 3.06. The maximum absolute atomic E-state index is 4.07. The maximum atomic E-state index is 4.07. The third-order valence-corrected chi connectivity index (χ3v) is 2.10. The Labute approximate surface area is 68.3 Å². The van der Waals surface area contributed by atoms with Gasteiger partial charge in [0.1, 0.15) is 5.82 Å². The van der Waals surface area contributed by atoms with E-state index in [-0.39, 0.29) is 0 Å².